The minimum Gasteiger partial charge on any atom is -0.497 e. The lowest BCUT2D eigenvalue weighted by molar-refractivity contribution is 0.0965. The lowest BCUT2D eigenvalue weighted by Gasteiger charge is -2.37. The van der Waals surface area contributed by atoms with Crippen molar-refractivity contribution in [1.82, 2.24) is 25.1 Å². The summed E-state index contributed by atoms with van der Waals surface area (Å²) in [5, 5.41) is 28.5. The van der Waals surface area contributed by atoms with E-state index in [1.807, 2.05) is 54.6 Å². The van der Waals surface area contributed by atoms with Gasteiger partial charge in [-0.15, -0.1) is 0 Å². The zero-order valence-electron chi connectivity index (χ0n) is 20.3. The van der Waals surface area contributed by atoms with Crippen LogP contribution in [0.25, 0.3) is 0 Å². The van der Waals surface area contributed by atoms with Gasteiger partial charge in [0.2, 0.25) is 5.95 Å². The summed E-state index contributed by atoms with van der Waals surface area (Å²) in [6.07, 6.45) is 2.98. The molecule has 2 unspecified atom stereocenters. The fraction of sp³-hybridized carbons (Fsp3) is 0.148. The molecule has 1 aliphatic heterocycles. The minimum atomic E-state index is -1.63. The Morgan fingerprint density at radius 2 is 1.95 bits per heavy atom. The molecule has 0 saturated heterocycles. The quantitative estimate of drug-likeness (QED) is 0.296. The van der Waals surface area contributed by atoms with Crippen LogP contribution in [0.4, 0.5) is 11.6 Å². The highest BCUT2D eigenvalue weighted by Crippen LogP contribution is 2.44. The van der Waals surface area contributed by atoms with Gasteiger partial charge in [0.05, 0.1) is 12.8 Å². The Morgan fingerprint density at radius 3 is 2.62 bits per heavy atom. The molecule has 0 fully saturated rings. The summed E-state index contributed by atoms with van der Waals surface area (Å²) < 4.78 is 7.02. The maximum atomic E-state index is 12.5. The van der Waals surface area contributed by atoms with E-state index in [1.165, 1.54) is 6.20 Å². The average Bonchev–Trinajstić information content (AvgIpc) is 3.39. The summed E-state index contributed by atoms with van der Waals surface area (Å²) in [5.41, 5.74) is 8.64. The van der Waals surface area contributed by atoms with Crippen LogP contribution in [0, 0.1) is 0 Å². The summed E-state index contributed by atoms with van der Waals surface area (Å²) in [5.74, 6) is 1.17. The van der Waals surface area contributed by atoms with Gasteiger partial charge >= 0.3 is 0 Å². The number of nitrogens with zero attached hydrogens (tertiary/aromatic N) is 5. The van der Waals surface area contributed by atoms with Crippen LogP contribution in [-0.2, 0) is 5.60 Å². The molecule has 37 heavy (non-hydrogen) atoms. The van der Waals surface area contributed by atoms with Crippen LogP contribution in [0.5, 0.6) is 5.75 Å². The van der Waals surface area contributed by atoms with Crippen molar-refractivity contribution >= 4 is 23.2 Å². The van der Waals surface area contributed by atoms with Gasteiger partial charge in [-0.25, -0.2) is 0 Å². The van der Waals surface area contributed by atoms with Gasteiger partial charge in [0.15, 0.2) is 5.60 Å². The van der Waals surface area contributed by atoms with Crippen molar-refractivity contribution in [2.45, 2.75) is 11.6 Å². The molecule has 188 valence electrons. The van der Waals surface area contributed by atoms with E-state index in [2.05, 4.69) is 27.4 Å². The molecule has 0 aliphatic carbocycles. The standard InChI is InChI=1S/C27H26ClN7O2/c1-4-34(2)24(16-29)27(36,18-8-11-21(37-3)12-9-18)19-10-13-23-22(15-19)25(17-6-5-7-20(28)14-17)35-26(30-23)31-32-33-35/h4-16,25,36H,1,29H2,2-3H3,(H,30,31,33)/b24-16-. The number of likely N-dealkylation sites (N-methyl/N-ethyl adjacent to an activating group) is 1. The van der Waals surface area contributed by atoms with E-state index in [4.69, 9.17) is 22.1 Å². The molecule has 0 spiro atoms. The molecule has 2 heterocycles. The van der Waals surface area contributed by atoms with Crippen molar-refractivity contribution in [3.63, 3.8) is 0 Å². The summed E-state index contributed by atoms with van der Waals surface area (Å²) in [6, 6.07) is 20.1. The first-order chi connectivity index (χ1) is 17.9. The van der Waals surface area contributed by atoms with Crippen LogP contribution in [0.3, 0.4) is 0 Å². The van der Waals surface area contributed by atoms with Gasteiger partial charge in [0.25, 0.3) is 0 Å². The van der Waals surface area contributed by atoms with Crippen molar-refractivity contribution in [3.05, 3.63) is 119 Å². The van der Waals surface area contributed by atoms with E-state index >= 15 is 0 Å². The second-order valence-corrected chi connectivity index (χ2v) is 9.05. The number of hydrogen-bond acceptors (Lipinski definition) is 8. The number of halogens is 1. The predicted molar refractivity (Wildman–Crippen MR) is 142 cm³/mol. The van der Waals surface area contributed by atoms with Gasteiger partial charge in [0, 0.05) is 29.5 Å². The number of fused-ring (bicyclic) bond motifs is 2. The number of tetrazole rings is 1. The molecule has 0 saturated carbocycles. The molecular formula is C27H26ClN7O2. The Balaban J connectivity index is 1.73. The Hall–Kier alpha value is -4.34. The van der Waals surface area contributed by atoms with Gasteiger partial charge in [-0.2, -0.15) is 4.68 Å². The van der Waals surface area contributed by atoms with Crippen molar-refractivity contribution in [2.24, 2.45) is 5.73 Å². The summed E-state index contributed by atoms with van der Waals surface area (Å²) in [6.45, 7) is 3.86. The molecular weight excluding hydrogens is 490 g/mol. The first-order valence-electron chi connectivity index (χ1n) is 11.5. The van der Waals surface area contributed by atoms with E-state index in [0.29, 0.717) is 33.5 Å². The molecule has 5 rings (SSSR count). The third kappa shape index (κ3) is 4.08. The van der Waals surface area contributed by atoms with E-state index in [-0.39, 0.29) is 6.04 Å². The van der Waals surface area contributed by atoms with Crippen molar-refractivity contribution < 1.29 is 9.84 Å². The molecule has 3 aromatic carbocycles. The number of aromatic nitrogens is 4. The third-order valence-corrected chi connectivity index (χ3v) is 6.84. The number of nitrogens with two attached hydrogens (primary N) is 1. The van der Waals surface area contributed by atoms with E-state index < -0.39 is 5.60 Å². The van der Waals surface area contributed by atoms with E-state index in [9.17, 15) is 5.11 Å². The first kappa shape index (κ1) is 24.4. The third-order valence-electron chi connectivity index (χ3n) is 6.60. The number of aliphatic hydroxyl groups is 1. The smallest absolute Gasteiger partial charge is 0.248 e. The Kier molecular flexibility index (Phi) is 6.32. The second kappa shape index (κ2) is 9.61. The first-order valence-corrected chi connectivity index (χ1v) is 11.9. The Bertz CT molecular complexity index is 1480. The van der Waals surface area contributed by atoms with Crippen LogP contribution >= 0.6 is 11.6 Å². The highest BCUT2D eigenvalue weighted by atomic mass is 35.5. The van der Waals surface area contributed by atoms with Crippen LogP contribution in [0.15, 0.2) is 91.4 Å². The fourth-order valence-corrected chi connectivity index (χ4v) is 4.91. The topological polar surface area (TPSA) is 114 Å². The monoisotopic (exact) mass is 515 g/mol. The molecule has 0 radical (unpaired) electrons. The number of ether oxygens (including phenoxy) is 1. The predicted octanol–water partition coefficient (Wildman–Crippen LogP) is 4.14. The summed E-state index contributed by atoms with van der Waals surface area (Å²) >= 11 is 6.35. The van der Waals surface area contributed by atoms with Gasteiger partial charge < -0.3 is 25.8 Å². The molecule has 4 N–H and O–H groups in total. The van der Waals surface area contributed by atoms with Crippen molar-refractivity contribution in [3.8, 4) is 5.75 Å². The van der Waals surface area contributed by atoms with Gasteiger partial charge in [-0.3, -0.25) is 0 Å². The Labute approximate surface area is 219 Å². The summed E-state index contributed by atoms with van der Waals surface area (Å²) in [7, 11) is 3.37. The van der Waals surface area contributed by atoms with Crippen molar-refractivity contribution in [2.75, 3.05) is 19.5 Å². The number of nitrogens with one attached hydrogen (secondary N) is 1. The van der Waals surface area contributed by atoms with Gasteiger partial charge in [-0.1, -0.05) is 53.6 Å². The molecule has 0 bridgehead atoms. The van der Waals surface area contributed by atoms with Gasteiger partial charge in [0.1, 0.15) is 11.8 Å². The van der Waals surface area contributed by atoms with Crippen LogP contribution in [-0.4, -0.2) is 44.4 Å². The van der Waals surface area contributed by atoms with Crippen LogP contribution in [0.2, 0.25) is 5.02 Å². The molecule has 4 aromatic rings. The molecule has 2 atom stereocenters. The lowest BCUT2D eigenvalue weighted by atomic mass is 9.81. The van der Waals surface area contributed by atoms with E-state index in [1.54, 1.807) is 42.1 Å². The molecule has 1 aliphatic rings. The molecule has 9 nitrogen and oxygen atoms in total. The van der Waals surface area contributed by atoms with E-state index in [0.717, 1.165) is 16.8 Å². The normalized spacial score (nSPS) is 16.1. The highest BCUT2D eigenvalue weighted by molar-refractivity contribution is 6.30. The molecule has 10 heteroatoms. The zero-order valence-corrected chi connectivity index (χ0v) is 21.1. The summed E-state index contributed by atoms with van der Waals surface area (Å²) in [4.78, 5) is 1.69. The van der Waals surface area contributed by atoms with Crippen molar-refractivity contribution in [1.29, 1.82) is 0 Å². The zero-order chi connectivity index (χ0) is 26.2. The van der Waals surface area contributed by atoms with Crippen LogP contribution < -0.4 is 15.8 Å². The largest absolute Gasteiger partial charge is 0.497 e. The molecule has 0 amide bonds. The van der Waals surface area contributed by atoms with Gasteiger partial charge in [-0.05, 0) is 69.7 Å². The highest BCUT2D eigenvalue weighted by Gasteiger charge is 2.40. The Morgan fingerprint density at radius 1 is 1.19 bits per heavy atom. The molecule has 1 aromatic heterocycles. The fourth-order valence-electron chi connectivity index (χ4n) is 4.71. The second-order valence-electron chi connectivity index (χ2n) is 8.62. The maximum Gasteiger partial charge on any atom is 0.248 e. The number of methoxy groups -OCH3 is 1. The average molecular weight is 516 g/mol. The maximum absolute atomic E-state index is 12.5. The SMILES string of the molecule is C=CN(C)/C(=C\N)C(O)(c1ccc(OC)cc1)c1ccc2c(c1)C(c1cccc(Cl)c1)n1nnnc1N2. The lowest BCUT2D eigenvalue weighted by Crippen LogP contribution is -2.37. The number of benzene rings is 3. The van der Waals surface area contributed by atoms with Crippen LogP contribution in [0.1, 0.15) is 28.3 Å². The number of rotatable bonds is 7. The minimum absolute atomic E-state index is 0.387. The number of anilines is 2. The number of hydrogen-bond donors (Lipinski definition) is 3.